The minimum Gasteiger partial charge on any atom is -0.469 e. The topological polar surface area (TPSA) is 109 Å². The summed E-state index contributed by atoms with van der Waals surface area (Å²) in [6.07, 6.45) is -1.27. The molecule has 0 spiro atoms. The van der Waals surface area contributed by atoms with Crippen molar-refractivity contribution in [2.45, 2.75) is 43.2 Å². The molecule has 3 aliphatic heterocycles. The number of benzene rings is 2. The average molecular weight is 633 g/mol. The van der Waals surface area contributed by atoms with Gasteiger partial charge in [-0.25, -0.2) is 17.6 Å². The van der Waals surface area contributed by atoms with Gasteiger partial charge in [-0.05, 0) is 37.1 Å². The van der Waals surface area contributed by atoms with Crippen LogP contribution in [-0.4, -0.2) is 71.6 Å². The minimum atomic E-state index is -1.33. The van der Waals surface area contributed by atoms with Crippen LogP contribution in [0.1, 0.15) is 24.8 Å². The molecule has 8 nitrogen and oxygen atoms in total. The predicted octanol–water partition coefficient (Wildman–Crippen LogP) is 5.54. The summed E-state index contributed by atoms with van der Waals surface area (Å²) in [4.78, 5) is 10.8. The molecule has 3 N–H and O–H groups in total. The molecule has 4 aromatic rings. The van der Waals surface area contributed by atoms with Crippen LogP contribution in [0.5, 0.6) is 11.9 Å². The second-order valence-corrected chi connectivity index (χ2v) is 12.7. The second kappa shape index (κ2) is 10.6. The molecule has 0 amide bonds. The Morgan fingerprint density at radius 2 is 2.09 bits per heavy atom. The first kappa shape index (κ1) is 28.3. The summed E-state index contributed by atoms with van der Waals surface area (Å²) in [5, 5.41) is 12.9. The van der Waals surface area contributed by atoms with Crippen LogP contribution >= 0.6 is 22.9 Å². The highest BCUT2D eigenvalue weighted by molar-refractivity contribution is 7.23. The van der Waals surface area contributed by atoms with Gasteiger partial charge in [0.2, 0.25) is 5.88 Å². The lowest BCUT2D eigenvalue weighted by Crippen LogP contribution is -2.43. The Morgan fingerprint density at radius 1 is 1.26 bits per heavy atom. The van der Waals surface area contributed by atoms with E-state index in [1.54, 1.807) is 0 Å². The molecule has 3 saturated heterocycles. The third-order valence-electron chi connectivity index (χ3n) is 8.61. The van der Waals surface area contributed by atoms with Crippen molar-refractivity contribution in [3.8, 4) is 29.1 Å². The number of hydrogen-bond acceptors (Lipinski definition) is 9. The highest BCUT2D eigenvalue weighted by atomic mass is 35.5. The Morgan fingerprint density at radius 3 is 2.86 bits per heavy atom. The molecule has 0 saturated carbocycles. The van der Waals surface area contributed by atoms with Gasteiger partial charge < -0.3 is 20.5 Å². The quantitative estimate of drug-likeness (QED) is 0.267. The number of nitrogens with two attached hydrogens (primary N) is 1. The number of aromatic nitrogens is 2. The SMILES string of the molecule is N#Cc1c(N)sc2c(F)ccc(-c3c(Cl)cc4c(OC5CNCC5F)nc(OCC56CCCN5CC(F)C6)nc4c3F)c12. The third kappa shape index (κ3) is 4.63. The molecule has 2 aromatic heterocycles. The van der Waals surface area contributed by atoms with Gasteiger partial charge in [0.25, 0.3) is 0 Å². The van der Waals surface area contributed by atoms with Gasteiger partial charge in [-0.2, -0.15) is 15.2 Å². The maximum Gasteiger partial charge on any atom is 0.320 e. The number of anilines is 1. The van der Waals surface area contributed by atoms with E-state index in [0.29, 0.717) is 13.0 Å². The Bertz CT molecular complexity index is 1820. The summed E-state index contributed by atoms with van der Waals surface area (Å²) in [5.41, 5.74) is 5.27. The number of rotatable bonds is 6. The van der Waals surface area contributed by atoms with Crippen LogP contribution in [0.2, 0.25) is 5.02 Å². The van der Waals surface area contributed by atoms with Crippen molar-refractivity contribution in [2.24, 2.45) is 0 Å². The lowest BCUT2D eigenvalue weighted by molar-refractivity contribution is 0.104. The minimum absolute atomic E-state index is 0.00613. The van der Waals surface area contributed by atoms with E-state index in [4.69, 9.17) is 26.8 Å². The Kier molecular flexibility index (Phi) is 7.00. The second-order valence-electron chi connectivity index (χ2n) is 11.2. The monoisotopic (exact) mass is 632 g/mol. The van der Waals surface area contributed by atoms with Crippen molar-refractivity contribution in [1.82, 2.24) is 20.2 Å². The molecule has 2 aromatic carbocycles. The van der Waals surface area contributed by atoms with Gasteiger partial charge in [0.1, 0.15) is 41.3 Å². The normalized spacial score (nSPS) is 25.4. The summed E-state index contributed by atoms with van der Waals surface area (Å²) >= 11 is 7.53. The molecule has 14 heteroatoms. The first-order valence-corrected chi connectivity index (χ1v) is 15.0. The summed E-state index contributed by atoms with van der Waals surface area (Å²) < 4.78 is 72.2. The highest BCUT2D eigenvalue weighted by Crippen LogP contribution is 2.46. The largest absolute Gasteiger partial charge is 0.469 e. The summed E-state index contributed by atoms with van der Waals surface area (Å²) in [6.45, 7) is 1.45. The van der Waals surface area contributed by atoms with Crippen molar-refractivity contribution in [3.63, 3.8) is 0 Å². The fourth-order valence-corrected chi connectivity index (χ4v) is 7.83. The molecule has 3 aliphatic rings. The van der Waals surface area contributed by atoms with Crippen LogP contribution in [-0.2, 0) is 0 Å². The maximum absolute atomic E-state index is 16.6. The average Bonchev–Trinajstić information content (AvgIpc) is 3.72. The Balaban J connectivity index is 1.37. The number of alkyl halides is 2. The standard InChI is InChI=1S/C29H25ClF4N6O2S/c30-17-6-15-24(23(34)22(17)14-2-3-18(32)25-21(14)16(8-35)26(36)43-25)38-28(39-27(15)42-20-10-37-9-19(20)33)41-12-29-4-1-5-40(29)11-13(31)7-29/h2-3,6,13,19-20,37H,1,4-5,7,9-12,36H2. The van der Waals surface area contributed by atoms with Gasteiger partial charge in [0, 0.05) is 37.0 Å². The zero-order chi connectivity index (χ0) is 30.0. The van der Waals surface area contributed by atoms with Crippen LogP contribution in [0, 0.1) is 23.0 Å². The number of nitrogen functional groups attached to an aromatic ring is 1. The molecule has 0 bridgehead atoms. The molecule has 0 aliphatic carbocycles. The zero-order valence-electron chi connectivity index (χ0n) is 22.6. The zero-order valence-corrected chi connectivity index (χ0v) is 24.2. The smallest absolute Gasteiger partial charge is 0.320 e. The summed E-state index contributed by atoms with van der Waals surface area (Å²) in [5.74, 6) is -1.63. The number of nitrogens with one attached hydrogen (secondary N) is 1. The summed E-state index contributed by atoms with van der Waals surface area (Å²) in [6, 6.07) is 5.63. The van der Waals surface area contributed by atoms with E-state index in [0.717, 1.165) is 36.8 Å². The fraction of sp³-hybridized carbons (Fsp3) is 0.414. The third-order valence-corrected chi connectivity index (χ3v) is 9.93. The van der Waals surface area contributed by atoms with Crippen molar-refractivity contribution >= 4 is 48.9 Å². The van der Waals surface area contributed by atoms with E-state index in [9.17, 15) is 18.4 Å². The van der Waals surface area contributed by atoms with E-state index in [2.05, 4.69) is 20.2 Å². The summed E-state index contributed by atoms with van der Waals surface area (Å²) in [7, 11) is 0. The van der Waals surface area contributed by atoms with Crippen LogP contribution in [0.15, 0.2) is 18.2 Å². The number of fused-ring (bicyclic) bond motifs is 3. The fourth-order valence-electron chi connectivity index (χ4n) is 6.59. The van der Waals surface area contributed by atoms with E-state index in [1.807, 2.05) is 6.07 Å². The van der Waals surface area contributed by atoms with E-state index in [1.165, 1.54) is 12.1 Å². The number of halogens is 5. The predicted molar refractivity (Wildman–Crippen MR) is 155 cm³/mol. The number of hydrogen-bond donors (Lipinski definition) is 2. The van der Waals surface area contributed by atoms with Crippen molar-refractivity contribution in [1.29, 1.82) is 5.26 Å². The van der Waals surface area contributed by atoms with Gasteiger partial charge in [-0.15, -0.1) is 11.3 Å². The molecule has 7 rings (SSSR count). The molecular formula is C29H25ClF4N6O2S. The van der Waals surface area contributed by atoms with Crippen LogP contribution in [0.25, 0.3) is 32.1 Å². The Labute approximate surface area is 252 Å². The lowest BCUT2D eigenvalue weighted by atomic mass is 9.95. The molecular weight excluding hydrogens is 608 g/mol. The van der Waals surface area contributed by atoms with Gasteiger partial charge >= 0.3 is 6.01 Å². The molecule has 43 heavy (non-hydrogen) atoms. The maximum atomic E-state index is 16.6. The molecule has 0 radical (unpaired) electrons. The van der Waals surface area contributed by atoms with E-state index >= 15 is 4.39 Å². The van der Waals surface area contributed by atoms with E-state index in [-0.39, 0.29) is 79.3 Å². The lowest BCUT2D eigenvalue weighted by Gasteiger charge is -2.30. The molecule has 3 fully saturated rings. The number of thiophene rings is 1. The van der Waals surface area contributed by atoms with Crippen LogP contribution < -0.4 is 20.5 Å². The molecule has 5 heterocycles. The van der Waals surface area contributed by atoms with Crippen molar-refractivity contribution in [3.05, 3.63) is 40.4 Å². The molecule has 4 unspecified atom stereocenters. The Hall–Kier alpha value is -3.44. The molecule has 4 atom stereocenters. The van der Waals surface area contributed by atoms with Gasteiger partial charge in [0.15, 0.2) is 12.0 Å². The van der Waals surface area contributed by atoms with Crippen LogP contribution in [0.4, 0.5) is 22.6 Å². The first-order valence-electron chi connectivity index (χ1n) is 13.8. The van der Waals surface area contributed by atoms with Gasteiger partial charge in [-0.1, -0.05) is 17.7 Å². The van der Waals surface area contributed by atoms with Gasteiger partial charge in [0.05, 0.1) is 26.2 Å². The van der Waals surface area contributed by atoms with Crippen molar-refractivity contribution < 1.29 is 27.0 Å². The van der Waals surface area contributed by atoms with Crippen molar-refractivity contribution in [2.75, 3.05) is 38.5 Å². The molecule has 224 valence electrons. The van der Waals surface area contributed by atoms with Gasteiger partial charge in [-0.3, -0.25) is 4.90 Å². The number of ether oxygens (including phenoxy) is 2. The number of nitrogens with zero attached hydrogens (tertiary/aromatic N) is 4. The first-order chi connectivity index (χ1) is 20.7. The van der Waals surface area contributed by atoms with Crippen LogP contribution in [0.3, 0.4) is 0 Å². The van der Waals surface area contributed by atoms with E-state index < -0.39 is 35.6 Å². The highest BCUT2D eigenvalue weighted by Gasteiger charge is 2.49. The number of nitriles is 1.